The van der Waals surface area contributed by atoms with Crippen LogP contribution in [0.4, 0.5) is 5.69 Å². The molecule has 13 aromatic rings. The molecule has 9 aromatic carbocycles. The highest BCUT2D eigenvalue weighted by Gasteiger charge is 2.24. The number of hydrogen-bond acceptors (Lipinski definition) is 3. The Labute approximate surface area is 353 Å². The van der Waals surface area contributed by atoms with E-state index in [0.717, 1.165) is 116 Å². The minimum Gasteiger partial charge on any atom is -0.455 e. The van der Waals surface area contributed by atoms with E-state index >= 15 is 0 Å². The number of aromatic nitrogens is 2. The monoisotopic (exact) mass is 790 g/mol. The van der Waals surface area contributed by atoms with Crippen molar-refractivity contribution in [2.24, 2.45) is 0 Å². The van der Waals surface area contributed by atoms with Crippen LogP contribution in [0, 0.1) is 17.9 Å². The van der Waals surface area contributed by atoms with Gasteiger partial charge in [0.15, 0.2) is 5.69 Å². The summed E-state index contributed by atoms with van der Waals surface area (Å²) in [5.41, 5.74) is 13.9. The first kappa shape index (κ1) is 34.1. The van der Waals surface area contributed by atoms with E-state index in [0.29, 0.717) is 16.8 Å². The van der Waals surface area contributed by atoms with Gasteiger partial charge in [0.25, 0.3) is 0 Å². The summed E-state index contributed by atoms with van der Waals surface area (Å²) in [5.74, 6) is 0. The highest BCUT2D eigenvalue weighted by molar-refractivity contribution is 6.25. The maximum atomic E-state index is 10.2. The minimum absolute atomic E-state index is 0.443. The van der Waals surface area contributed by atoms with Gasteiger partial charge in [-0.05, 0) is 83.9 Å². The van der Waals surface area contributed by atoms with Crippen molar-refractivity contribution in [1.82, 2.24) is 9.13 Å². The number of benzene rings is 9. The summed E-state index contributed by atoms with van der Waals surface area (Å²) in [4.78, 5) is 3.82. The summed E-state index contributed by atoms with van der Waals surface area (Å²) in [6.07, 6.45) is 0. The molecule has 0 aliphatic heterocycles. The van der Waals surface area contributed by atoms with E-state index in [1.807, 2.05) is 36.4 Å². The maximum absolute atomic E-state index is 10.2. The number of nitrogens with zero attached hydrogens (tertiary/aromatic N) is 4. The molecule has 0 amide bonds. The third-order valence-electron chi connectivity index (χ3n) is 12.6. The van der Waals surface area contributed by atoms with Gasteiger partial charge in [0.1, 0.15) is 22.3 Å². The molecule has 0 bridgehead atoms. The fourth-order valence-corrected chi connectivity index (χ4v) is 9.97. The Bertz CT molecular complexity index is 4110. The molecule has 0 saturated carbocycles. The fraction of sp³-hybridized carbons (Fsp3) is 0. The molecule has 0 spiro atoms. The SMILES string of the molecule is [C-]#[N+]c1cccc(C#N)c1-c1cccc(-c2ccc(-n3c4ccccc4c4c5oc6ccccc6c5ccc43)cc2-n2c3ccccc3c3c4oc5ccccc5c4ccc32)c1. The lowest BCUT2D eigenvalue weighted by atomic mass is 9.94. The number of fused-ring (bicyclic) bond motifs is 14. The topological polar surface area (TPSA) is 64.3 Å². The first-order valence-electron chi connectivity index (χ1n) is 20.5. The molecule has 286 valence electrons. The van der Waals surface area contributed by atoms with Crippen LogP contribution in [0.25, 0.3) is 126 Å². The summed E-state index contributed by atoms with van der Waals surface area (Å²) in [5, 5.41) is 18.8. The Balaban J connectivity index is 1.14. The van der Waals surface area contributed by atoms with Crippen LogP contribution in [0.5, 0.6) is 0 Å². The number of para-hydroxylation sites is 4. The van der Waals surface area contributed by atoms with Gasteiger partial charge < -0.3 is 18.0 Å². The Morgan fingerprint density at radius 1 is 0.468 bits per heavy atom. The Morgan fingerprint density at radius 2 is 1.03 bits per heavy atom. The average Bonchev–Trinajstić information content (AvgIpc) is 4.08. The van der Waals surface area contributed by atoms with Gasteiger partial charge in [-0.15, -0.1) is 0 Å². The smallest absolute Gasteiger partial charge is 0.196 e. The molecule has 0 saturated heterocycles. The lowest BCUT2D eigenvalue weighted by molar-refractivity contribution is 0.672. The van der Waals surface area contributed by atoms with Gasteiger partial charge in [-0.2, -0.15) is 5.26 Å². The zero-order valence-electron chi connectivity index (χ0n) is 32.9. The van der Waals surface area contributed by atoms with Gasteiger partial charge in [0.2, 0.25) is 0 Å². The summed E-state index contributed by atoms with van der Waals surface area (Å²) in [6, 6.07) is 64.9. The average molecular weight is 791 g/mol. The zero-order chi connectivity index (χ0) is 41.1. The predicted octanol–water partition coefficient (Wildman–Crippen LogP) is 15.4. The molecule has 13 rings (SSSR count). The van der Waals surface area contributed by atoms with Gasteiger partial charge in [-0.25, -0.2) is 4.85 Å². The summed E-state index contributed by atoms with van der Waals surface area (Å²) < 4.78 is 18.1. The van der Waals surface area contributed by atoms with Crippen molar-refractivity contribution in [3.05, 3.63) is 199 Å². The fourth-order valence-electron chi connectivity index (χ4n) is 9.97. The van der Waals surface area contributed by atoms with Crippen LogP contribution in [0.2, 0.25) is 0 Å². The van der Waals surface area contributed by atoms with Crippen molar-refractivity contribution in [3.8, 4) is 39.7 Å². The van der Waals surface area contributed by atoms with E-state index in [1.54, 1.807) is 18.2 Å². The van der Waals surface area contributed by atoms with E-state index in [9.17, 15) is 5.26 Å². The molecule has 62 heavy (non-hydrogen) atoms. The Hall–Kier alpha value is -8.84. The zero-order valence-corrected chi connectivity index (χ0v) is 32.9. The largest absolute Gasteiger partial charge is 0.455 e. The van der Waals surface area contributed by atoms with E-state index in [4.69, 9.17) is 15.4 Å². The van der Waals surface area contributed by atoms with Crippen LogP contribution >= 0.6 is 0 Å². The second kappa shape index (κ2) is 12.8. The van der Waals surface area contributed by atoms with Crippen molar-refractivity contribution in [2.45, 2.75) is 0 Å². The number of hydrogen-bond donors (Lipinski definition) is 0. The molecule has 6 heteroatoms. The van der Waals surface area contributed by atoms with Gasteiger partial charge in [0.05, 0.1) is 51.2 Å². The van der Waals surface area contributed by atoms with Crippen LogP contribution in [0.3, 0.4) is 0 Å². The molecular formula is C56H30N4O2. The molecule has 0 aliphatic carbocycles. The molecule has 4 aromatic heterocycles. The van der Waals surface area contributed by atoms with E-state index in [-0.39, 0.29) is 0 Å². The van der Waals surface area contributed by atoms with Gasteiger partial charge in [-0.1, -0.05) is 109 Å². The quantitative estimate of drug-likeness (QED) is 0.167. The van der Waals surface area contributed by atoms with Crippen molar-refractivity contribution in [2.75, 3.05) is 0 Å². The lowest BCUT2D eigenvalue weighted by Crippen LogP contribution is -2.01. The number of rotatable bonds is 4. The van der Waals surface area contributed by atoms with E-state index in [2.05, 4.69) is 147 Å². The lowest BCUT2D eigenvalue weighted by Gasteiger charge is -2.18. The molecule has 4 heterocycles. The van der Waals surface area contributed by atoms with Crippen LogP contribution in [-0.4, -0.2) is 9.13 Å². The van der Waals surface area contributed by atoms with Gasteiger partial charge >= 0.3 is 0 Å². The van der Waals surface area contributed by atoms with Crippen molar-refractivity contribution in [1.29, 1.82) is 5.26 Å². The van der Waals surface area contributed by atoms with Crippen LogP contribution in [0.1, 0.15) is 5.56 Å². The second-order valence-corrected chi connectivity index (χ2v) is 15.8. The molecule has 0 unspecified atom stereocenters. The Kier molecular flexibility index (Phi) is 7.05. The minimum atomic E-state index is 0.443. The molecule has 0 N–H and O–H groups in total. The first-order chi connectivity index (χ1) is 30.7. The summed E-state index contributed by atoms with van der Waals surface area (Å²) in [6.45, 7) is 7.97. The van der Waals surface area contributed by atoms with E-state index < -0.39 is 0 Å². The molecule has 6 nitrogen and oxygen atoms in total. The summed E-state index contributed by atoms with van der Waals surface area (Å²) >= 11 is 0. The first-order valence-corrected chi connectivity index (χ1v) is 20.5. The number of nitriles is 1. The maximum Gasteiger partial charge on any atom is 0.196 e. The Morgan fingerprint density at radius 3 is 1.68 bits per heavy atom. The highest BCUT2D eigenvalue weighted by Crippen LogP contribution is 2.45. The second-order valence-electron chi connectivity index (χ2n) is 15.8. The van der Waals surface area contributed by atoms with Crippen LogP contribution in [-0.2, 0) is 0 Å². The van der Waals surface area contributed by atoms with Gasteiger partial charge in [-0.3, -0.25) is 0 Å². The van der Waals surface area contributed by atoms with Crippen molar-refractivity contribution < 1.29 is 8.83 Å². The molecule has 0 atom stereocenters. The van der Waals surface area contributed by atoms with Crippen LogP contribution in [0.15, 0.2) is 191 Å². The van der Waals surface area contributed by atoms with Gasteiger partial charge in [0, 0.05) is 54.7 Å². The molecule has 0 fully saturated rings. The number of furan rings is 2. The predicted molar refractivity (Wildman–Crippen MR) is 252 cm³/mol. The van der Waals surface area contributed by atoms with Crippen LogP contribution < -0.4 is 0 Å². The molecule has 0 aliphatic rings. The summed E-state index contributed by atoms with van der Waals surface area (Å²) in [7, 11) is 0. The highest BCUT2D eigenvalue weighted by atomic mass is 16.3. The van der Waals surface area contributed by atoms with E-state index in [1.165, 1.54) is 0 Å². The third-order valence-corrected chi connectivity index (χ3v) is 12.6. The molecule has 0 radical (unpaired) electrons. The normalized spacial score (nSPS) is 11.8. The van der Waals surface area contributed by atoms with Crippen molar-refractivity contribution in [3.63, 3.8) is 0 Å². The third kappa shape index (κ3) is 4.66. The van der Waals surface area contributed by atoms with Crippen molar-refractivity contribution >= 4 is 93.2 Å². The standard InChI is InChI=1S/C56H30N4O2/c1-58-44-19-11-14-35(32-57)52(44)34-13-10-12-33(30-34)37-25-24-36(59-45-20-6-2-17-42(45)53-47(59)28-26-40-38-15-4-8-22-50(38)61-55(40)53)31-49(37)60-46-21-7-3-18-43(46)54-48(60)29-27-41-39-16-5-9-23-51(39)62-56(41)54/h2-31H. The molecular weight excluding hydrogens is 761 g/mol.